The van der Waals surface area contributed by atoms with Gasteiger partial charge in [0.1, 0.15) is 12.4 Å². The zero-order chi connectivity index (χ0) is 16.4. The van der Waals surface area contributed by atoms with Crippen LogP contribution in [0.1, 0.15) is 25.5 Å². The van der Waals surface area contributed by atoms with E-state index in [-0.39, 0.29) is 17.9 Å². The Labute approximate surface area is 136 Å². The standard InChI is InChI=1S/C17H24N4O2/c1-17(7-5-9-21(12-17)15(22)11-23-3)14-10-20-8-4-6-13(20)16(18-2)19-14/h4,6,8,10H,5,7,9,11-12H2,1-3H3,(H,18,19)/t17-/m1/s1. The van der Waals surface area contributed by atoms with Gasteiger partial charge in [-0.25, -0.2) is 4.98 Å². The van der Waals surface area contributed by atoms with Crippen molar-refractivity contribution in [2.45, 2.75) is 25.2 Å². The number of nitrogens with one attached hydrogen (secondary N) is 1. The van der Waals surface area contributed by atoms with E-state index >= 15 is 0 Å². The Hall–Kier alpha value is -2.08. The summed E-state index contributed by atoms with van der Waals surface area (Å²) >= 11 is 0. The van der Waals surface area contributed by atoms with Crippen molar-refractivity contribution in [3.05, 3.63) is 30.2 Å². The molecule has 2 aromatic heterocycles. The van der Waals surface area contributed by atoms with E-state index in [9.17, 15) is 4.79 Å². The lowest BCUT2D eigenvalue weighted by Crippen LogP contribution is -2.48. The third kappa shape index (κ3) is 2.91. The molecule has 0 unspecified atom stereocenters. The molecule has 1 aliphatic rings. The van der Waals surface area contributed by atoms with Gasteiger partial charge in [0, 0.05) is 45.1 Å². The number of rotatable bonds is 4. The number of carbonyl (C=O) groups is 1. The van der Waals surface area contributed by atoms with E-state index in [1.54, 1.807) is 7.11 Å². The van der Waals surface area contributed by atoms with Crippen molar-refractivity contribution in [3.63, 3.8) is 0 Å². The summed E-state index contributed by atoms with van der Waals surface area (Å²) in [5, 5.41) is 3.17. The molecule has 1 saturated heterocycles. The van der Waals surface area contributed by atoms with Crippen molar-refractivity contribution in [1.29, 1.82) is 0 Å². The molecule has 0 aliphatic carbocycles. The molecule has 1 N–H and O–H groups in total. The molecule has 23 heavy (non-hydrogen) atoms. The summed E-state index contributed by atoms with van der Waals surface area (Å²) < 4.78 is 7.09. The maximum Gasteiger partial charge on any atom is 0.248 e. The van der Waals surface area contributed by atoms with Gasteiger partial charge in [0.15, 0.2) is 0 Å². The molecule has 124 valence electrons. The number of carbonyl (C=O) groups excluding carboxylic acids is 1. The molecule has 0 spiro atoms. The number of piperidine rings is 1. The third-order valence-electron chi connectivity index (χ3n) is 4.69. The Kier molecular flexibility index (Phi) is 4.26. The second-order valence-electron chi connectivity index (χ2n) is 6.44. The molecule has 6 nitrogen and oxygen atoms in total. The highest BCUT2D eigenvalue weighted by molar-refractivity contribution is 5.77. The zero-order valence-corrected chi connectivity index (χ0v) is 14.0. The van der Waals surface area contributed by atoms with Gasteiger partial charge in [0.25, 0.3) is 0 Å². The molecule has 0 radical (unpaired) electrons. The average Bonchev–Trinajstić information content (AvgIpc) is 3.02. The van der Waals surface area contributed by atoms with E-state index in [4.69, 9.17) is 9.72 Å². The SMILES string of the molecule is CNc1nc([C@]2(C)CCCN(C(=O)COC)C2)cn2cccc12. The fraction of sp³-hybridized carbons (Fsp3) is 0.529. The van der Waals surface area contributed by atoms with E-state index in [2.05, 4.69) is 22.8 Å². The highest BCUT2D eigenvalue weighted by atomic mass is 16.5. The molecule has 1 amide bonds. The second-order valence-corrected chi connectivity index (χ2v) is 6.44. The summed E-state index contributed by atoms with van der Waals surface area (Å²) in [5.74, 6) is 0.920. The van der Waals surface area contributed by atoms with Gasteiger partial charge in [0.05, 0.1) is 11.2 Å². The van der Waals surface area contributed by atoms with Gasteiger partial charge in [-0.3, -0.25) is 4.79 Å². The van der Waals surface area contributed by atoms with E-state index in [0.717, 1.165) is 36.4 Å². The minimum Gasteiger partial charge on any atom is -0.375 e. The molecule has 1 aliphatic heterocycles. The highest BCUT2D eigenvalue weighted by Gasteiger charge is 2.36. The predicted molar refractivity (Wildman–Crippen MR) is 89.8 cm³/mol. The first kappa shape index (κ1) is 15.8. The first-order valence-electron chi connectivity index (χ1n) is 8.00. The van der Waals surface area contributed by atoms with Crippen LogP contribution in [0, 0.1) is 0 Å². The lowest BCUT2D eigenvalue weighted by atomic mass is 9.79. The Morgan fingerprint density at radius 1 is 1.52 bits per heavy atom. The summed E-state index contributed by atoms with van der Waals surface area (Å²) in [4.78, 5) is 18.9. The van der Waals surface area contributed by atoms with Crippen LogP contribution in [0.4, 0.5) is 5.82 Å². The summed E-state index contributed by atoms with van der Waals surface area (Å²) in [7, 11) is 3.44. The number of aromatic nitrogens is 2. The lowest BCUT2D eigenvalue weighted by molar-refractivity contribution is -0.137. The molecule has 0 aromatic carbocycles. The zero-order valence-electron chi connectivity index (χ0n) is 14.0. The van der Waals surface area contributed by atoms with Crippen LogP contribution in [0.5, 0.6) is 0 Å². The maximum atomic E-state index is 12.2. The van der Waals surface area contributed by atoms with Crippen LogP contribution < -0.4 is 5.32 Å². The average molecular weight is 316 g/mol. The molecule has 0 saturated carbocycles. The summed E-state index contributed by atoms with van der Waals surface area (Å²) in [6, 6.07) is 4.06. The molecule has 1 atom stereocenters. The maximum absolute atomic E-state index is 12.2. The van der Waals surface area contributed by atoms with E-state index < -0.39 is 0 Å². The van der Waals surface area contributed by atoms with Crippen molar-refractivity contribution in [3.8, 4) is 0 Å². The molecule has 1 fully saturated rings. The van der Waals surface area contributed by atoms with Gasteiger partial charge in [-0.05, 0) is 25.0 Å². The Morgan fingerprint density at radius 3 is 3.09 bits per heavy atom. The molecule has 2 aromatic rings. The minimum atomic E-state index is -0.147. The number of ether oxygens (including phenoxy) is 1. The van der Waals surface area contributed by atoms with Gasteiger partial charge < -0.3 is 19.4 Å². The second kappa shape index (κ2) is 6.20. The van der Waals surface area contributed by atoms with Crippen LogP contribution in [0.3, 0.4) is 0 Å². The van der Waals surface area contributed by atoms with E-state index in [1.165, 1.54) is 0 Å². The van der Waals surface area contributed by atoms with Crippen molar-refractivity contribution in [1.82, 2.24) is 14.3 Å². The number of nitrogens with zero attached hydrogens (tertiary/aromatic N) is 3. The molecule has 3 rings (SSSR count). The molecular formula is C17H24N4O2. The number of anilines is 1. The van der Waals surface area contributed by atoms with Crippen LogP contribution >= 0.6 is 0 Å². The molecule has 3 heterocycles. The summed E-state index contributed by atoms with van der Waals surface area (Å²) in [6.07, 6.45) is 6.11. The summed E-state index contributed by atoms with van der Waals surface area (Å²) in [5.41, 5.74) is 1.93. The van der Waals surface area contributed by atoms with Crippen LogP contribution in [-0.2, 0) is 14.9 Å². The Balaban J connectivity index is 1.94. The number of amides is 1. The van der Waals surface area contributed by atoms with Crippen molar-refractivity contribution < 1.29 is 9.53 Å². The quantitative estimate of drug-likeness (QED) is 0.936. The number of likely N-dealkylation sites (tertiary alicyclic amines) is 1. The first-order valence-corrected chi connectivity index (χ1v) is 8.00. The molecular weight excluding hydrogens is 292 g/mol. The summed E-state index contributed by atoms with van der Waals surface area (Å²) in [6.45, 7) is 3.80. The van der Waals surface area contributed by atoms with E-state index in [0.29, 0.717) is 6.54 Å². The number of hydrogen-bond donors (Lipinski definition) is 1. The van der Waals surface area contributed by atoms with Gasteiger partial charge in [0.2, 0.25) is 5.91 Å². The van der Waals surface area contributed by atoms with Crippen molar-refractivity contribution >= 4 is 17.2 Å². The monoisotopic (exact) mass is 316 g/mol. The molecule has 6 heteroatoms. The Morgan fingerprint density at radius 2 is 2.35 bits per heavy atom. The number of hydrogen-bond acceptors (Lipinski definition) is 4. The highest BCUT2D eigenvalue weighted by Crippen LogP contribution is 2.34. The minimum absolute atomic E-state index is 0.0503. The number of methoxy groups -OCH3 is 1. The van der Waals surface area contributed by atoms with Gasteiger partial charge >= 0.3 is 0 Å². The van der Waals surface area contributed by atoms with Crippen LogP contribution in [-0.4, -0.2) is 54.0 Å². The fourth-order valence-corrected chi connectivity index (χ4v) is 3.40. The first-order chi connectivity index (χ1) is 11.1. The van der Waals surface area contributed by atoms with Gasteiger partial charge in [-0.15, -0.1) is 0 Å². The van der Waals surface area contributed by atoms with Crippen LogP contribution in [0.2, 0.25) is 0 Å². The van der Waals surface area contributed by atoms with Gasteiger partial charge in [-0.1, -0.05) is 6.92 Å². The lowest BCUT2D eigenvalue weighted by Gasteiger charge is -2.40. The van der Waals surface area contributed by atoms with Crippen LogP contribution in [0.25, 0.3) is 5.52 Å². The van der Waals surface area contributed by atoms with Crippen LogP contribution in [0.15, 0.2) is 24.5 Å². The third-order valence-corrected chi connectivity index (χ3v) is 4.69. The molecule has 0 bridgehead atoms. The fourth-order valence-electron chi connectivity index (χ4n) is 3.40. The number of fused-ring (bicyclic) bond motifs is 1. The van der Waals surface area contributed by atoms with E-state index in [1.807, 2.05) is 30.3 Å². The van der Waals surface area contributed by atoms with Crippen molar-refractivity contribution in [2.75, 3.05) is 39.2 Å². The smallest absolute Gasteiger partial charge is 0.248 e. The van der Waals surface area contributed by atoms with Gasteiger partial charge in [-0.2, -0.15) is 0 Å². The largest absolute Gasteiger partial charge is 0.375 e. The topological polar surface area (TPSA) is 58.9 Å². The predicted octanol–water partition coefficient (Wildman–Crippen LogP) is 1.90. The van der Waals surface area contributed by atoms with Crippen molar-refractivity contribution in [2.24, 2.45) is 0 Å². The Bertz CT molecular complexity index is 712. The normalized spacial score (nSPS) is 21.6.